The summed E-state index contributed by atoms with van der Waals surface area (Å²) >= 11 is 0. The molecule has 0 aliphatic carbocycles. The summed E-state index contributed by atoms with van der Waals surface area (Å²) in [6, 6.07) is 5.28. The van der Waals surface area contributed by atoms with E-state index < -0.39 is 11.7 Å². The second kappa shape index (κ2) is 10.3. The molecule has 1 unspecified atom stereocenters. The summed E-state index contributed by atoms with van der Waals surface area (Å²) in [7, 11) is 3.61. The molecule has 1 aliphatic rings. The van der Waals surface area contributed by atoms with Crippen molar-refractivity contribution in [3.8, 4) is 0 Å². The van der Waals surface area contributed by atoms with Crippen LogP contribution in [0.25, 0.3) is 0 Å². The molecule has 0 spiro atoms. The van der Waals surface area contributed by atoms with E-state index in [9.17, 15) is 13.2 Å². The third-order valence-electron chi connectivity index (χ3n) is 4.64. The number of hydrogen-bond acceptors (Lipinski definition) is 2. The van der Waals surface area contributed by atoms with E-state index in [0.29, 0.717) is 12.5 Å². The Morgan fingerprint density at radius 2 is 1.96 bits per heavy atom. The third kappa shape index (κ3) is 6.61. The molecule has 2 rings (SSSR count). The minimum atomic E-state index is -4.30. The van der Waals surface area contributed by atoms with Gasteiger partial charge in [0.05, 0.1) is 5.56 Å². The van der Waals surface area contributed by atoms with Crippen molar-refractivity contribution < 1.29 is 13.2 Å². The molecule has 1 atom stereocenters. The Labute approximate surface area is 170 Å². The number of halogens is 4. The molecule has 1 N–H and O–H groups in total. The average Bonchev–Trinajstić information content (AvgIpc) is 3.03. The van der Waals surface area contributed by atoms with Crippen LogP contribution in [0.3, 0.4) is 0 Å². The Bertz CT molecular complexity index is 575. The van der Waals surface area contributed by atoms with Crippen LogP contribution in [0.15, 0.2) is 29.3 Å². The summed E-state index contributed by atoms with van der Waals surface area (Å²) in [5.41, 5.74) is 0.194. The summed E-state index contributed by atoms with van der Waals surface area (Å²) in [6.07, 6.45) is -3.11. The first-order chi connectivity index (χ1) is 11.8. The van der Waals surface area contributed by atoms with Crippen molar-refractivity contribution in [2.24, 2.45) is 10.9 Å². The monoisotopic (exact) mass is 484 g/mol. The summed E-state index contributed by atoms with van der Waals surface area (Å²) in [5.74, 6) is 1.37. The van der Waals surface area contributed by atoms with E-state index in [0.717, 1.165) is 49.8 Å². The van der Waals surface area contributed by atoms with Gasteiger partial charge >= 0.3 is 6.18 Å². The van der Waals surface area contributed by atoms with E-state index in [1.54, 1.807) is 7.05 Å². The van der Waals surface area contributed by atoms with E-state index in [1.165, 1.54) is 18.6 Å². The fourth-order valence-corrected chi connectivity index (χ4v) is 3.13. The smallest absolute Gasteiger partial charge is 0.356 e. The molecule has 4 nitrogen and oxygen atoms in total. The summed E-state index contributed by atoms with van der Waals surface area (Å²) in [6.45, 7) is 6.86. The van der Waals surface area contributed by atoms with Gasteiger partial charge in [-0.2, -0.15) is 13.2 Å². The maximum absolute atomic E-state index is 12.6. The number of nitrogens with zero attached hydrogens (tertiary/aromatic N) is 3. The standard InChI is InChI=1S/C18H27F3N4.HI/c1-4-25-10-9-15(13-25)11-23-17(22-2)24(3)12-14-5-7-16(8-6-14)18(19,20)21;/h5-8,15H,4,9-13H2,1-3H3,(H,22,23);1H. The molecule has 1 saturated heterocycles. The van der Waals surface area contributed by atoms with Crippen molar-refractivity contribution in [3.05, 3.63) is 35.4 Å². The fourth-order valence-electron chi connectivity index (χ4n) is 3.13. The van der Waals surface area contributed by atoms with Crippen LogP contribution in [0, 0.1) is 5.92 Å². The van der Waals surface area contributed by atoms with Gasteiger partial charge in [0.15, 0.2) is 5.96 Å². The normalized spacial score (nSPS) is 18.5. The molecule has 0 aromatic heterocycles. The molecule has 1 aliphatic heterocycles. The van der Waals surface area contributed by atoms with Gasteiger partial charge in [-0.3, -0.25) is 4.99 Å². The first-order valence-corrected chi connectivity index (χ1v) is 8.63. The molecular formula is C18H28F3IN4. The molecule has 148 valence electrons. The maximum Gasteiger partial charge on any atom is 0.416 e. The van der Waals surface area contributed by atoms with Gasteiger partial charge in [0, 0.05) is 33.7 Å². The lowest BCUT2D eigenvalue weighted by Gasteiger charge is -2.24. The van der Waals surface area contributed by atoms with E-state index in [1.807, 2.05) is 11.9 Å². The Hall–Kier alpha value is -1.03. The van der Waals surface area contributed by atoms with E-state index in [2.05, 4.69) is 22.1 Å². The zero-order chi connectivity index (χ0) is 18.4. The van der Waals surface area contributed by atoms with Crippen LogP contribution in [-0.2, 0) is 12.7 Å². The summed E-state index contributed by atoms with van der Waals surface area (Å²) in [5, 5.41) is 3.38. The van der Waals surface area contributed by atoms with E-state index in [4.69, 9.17) is 0 Å². The predicted octanol–water partition coefficient (Wildman–Crippen LogP) is 3.67. The Morgan fingerprint density at radius 1 is 1.31 bits per heavy atom. The van der Waals surface area contributed by atoms with Crippen LogP contribution in [0.5, 0.6) is 0 Å². The number of alkyl halides is 3. The molecule has 0 radical (unpaired) electrons. The van der Waals surface area contributed by atoms with Gasteiger partial charge < -0.3 is 15.1 Å². The molecule has 1 aromatic carbocycles. The largest absolute Gasteiger partial charge is 0.416 e. The lowest BCUT2D eigenvalue weighted by atomic mass is 10.1. The lowest BCUT2D eigenvalue weighted by molar-refractivity contribution is -0.137. The second-order valence-electron chi connectivity index (χ2n) is 6.53. The first kappa shape index (κ1) is 23.0. The minimum Gasteiger partial charge on any atom is -0.356 e. The number of rotatable bonds is 5. The van der Waals surface area contributed by atoms with Crippen molar-refractivity contribution in [1.29, 1.82) is 0 Å². The van der Waals surface area contributed by atoms with Crippen LogP contribution < -0.4 is 5.32 Å². The second-order valence-corrected chi connectivity index (χ2v) is 6.53. The van der Waals surface area contributed by atoms with Crippen molar-refractivity contribution in [2.75, 3.05) is 40.3 Å². The van der Waals surface area contributed by atoms with Crippen LogP contribution in [0.2, 0.25) is 0 Å². The number of aliphatic imine (C=N–C) groups is 1. The molecule has 1 heterocycles. The summed E-state index contributed by atoms with van der Waals surface area (Å²) in [4.78, 5) is 8.64. The van der Waals surface area contributed by atoms with Gasteiger partial charge in [0.25, 0.3) is 0 Å². The lowest BCUT2D eigenvalue weighted by Crippen LogP contribution is -2.41. The van der Waals surface area contributed by atoms with Crippen molar-refractivity contribution in [2.45, 2.75) is 26.1 Å². The number of benzene rings is 1. The van der Waals surface area contributed by atoms with Crippen LogP contribution in [0.4, 0.5) is 13.2 Å². The highest BCUT2D eigenvalue weighted by molar-refractivity contribution is 14.0. The summed E-state index contributed by atoms with van der Waals surface area (Å²) < 4.78 is 37.9. The Balaban J connectivity index is 0.00000338. The van der Waals surface area contributed by atoms with Crippen molar-refractivity contribution in [1.82, 2.24) is 15.1 Å². The minimum absolute atomic E-state index is 0. The topological polar surface area (TPSA) is 30.9 Å². The number of likely N-dealkylation sites (tertiary alicyclic amines) is 1. The van der Waals surface area contributed by atoms with Gasteiger partial charge in [-0.05, 0) is 43.1 Å². The Morgan fingerprint density at radius 3 is 2.46 bits per heavy atom. The molecule has 0 saturated carbocycles. The molecule has 1 fully saturated rings. The van der Waals surface area contributed by atoms with Crippen molar-refractivity contribution >= 4 is 29.9 Å². The highest BCUT2D eigenvalue weighted by Gasteiger charge is 2.30. The van der Waals surface area contributed by atoms with Crippen LogP contribution in [0.1, 0.15) is 24.5 Å². The first-order valence-electron chi connectivity index (χ1n) is 8.63. The molecule has 0 amide bonds. The fraction of sp³-hybridized carbons (Fsp3) is 0.611. The van der Waals surface area contributed by atoms with Gasteiger partial charge in [-0.1, -0.05) is 19.1 Å². The number of nitrogens with one attached hydrogen (secondary N) is 1. The number of hydrogen-bond donors (Lipinski definition) is 1. The van der Waals surface area contributed by atoms with Crippen molar-refractivity contribution in [3.63, 3.8) is 0 Å². The molecule has 1 aromatic rings. The quantitative estimate of drug-likeness (QED) is 0.393. The van der Waals surface area contributed by atoms with Crippen LogP contribution >= 0.6 is 24.0 Å². The molecule has 26 heavy (non-hydrogen) atoms. The van der Waals surface area contributed by atoms with Gasteiger partial charge in [-0.15, -0.1) is 24.0 Å². The average molecular weight is 484 g/mol. The maximum atomic E-state index is 12.6. The zero-order valence-electron chi connectivity index (χ0n) is 15.5. The van der Waals surface area contributed by atoms with Gasteiger partial charge in [0.1, 0.15) is 0 Å². The zero-order valence-corrected chi connectivity index (χ0v) is 17.8. The third-order valence-corrected chi connectivity index (χ3v) is 4.64. The molecule has 8 heteroatoms. The van der Waals surface area contributed by atoms with Crippen LogP contribution in [-0.4, -0.2) is 56.0 Å². The van der Waals surface area contributed by atoms with E-state index >= 15 is 0 Å². The van der Waals surface area contributed by atoms with E-state index in [-0.39, 0.29) is 24.0 Å². The van der Waals surface area contributed by atoms with Gasteiger partial charge in [0.2, 0.25) is 0 Å². The number of guanidine groups is 1. The predicted molar refractivity (Wildman–Crippen MR) is 110 cm³/mol. The highest BCUT2D eigenvalue weighted by Crippen LogP contribution is 2.29. The Kier molecular flexibility index (Phi) is 9.15. The SMILES string of the molecule is CCN1CCC(CNC(=NC)N(C)Cc2ccc(C(F)(F)F)cc2)C1.I. The highest BCUT2D eigenvalue weighted by atomic mass is 127. The van der Waals surface area contributed by atoms with Gasteiger partial charge in [-0.25, -0.2) is 0 Å². The molecule has 0 bridgehead atoms. The molecular weight excluding hydrogens is 456 g/mol.